The molecule has 0 aromatic carbocycles. The van der Waals surface area contributed by atoms with E-state index in [1.165, 1.54) is 24.1 Å². The van der Waals surface area contributed by atoms with Crippen LogP contribution in [0.5, 0.6) is 0 Å². The number of fused-ring (bicyclic) bond motifs is 1. The Morgan fingerprint density at radius 1 is 1.11 bits per heavy atom. The van der Waals surface area contributed by atoms with Gasteiger partial charge in [-0.25, -0.2) is 15.0 Å². The second kappa shape index (κ2) is 4.65. The molecule has 2 aromatic heterocycles. The molecule has 2 heterocycles. The molecule has 0 spiro atoms. The van der Waals surface area contributed by atoms with Crippen LogP contribution in [0, 0.1) is 6.92 Å². The third-order valence-electron chi connectivity index (χ3n) is 3.33. The molecule has 1 aliphatic rings. The minimum absolute atomic E-state index is 0.522. The SMILES string of the molecule is Cc1ccc(-c2ncc3c(n2)CCCC3)nc1Cl. The number of rotatable bonds is 1. The highest BCUT2D eigenvalue weighted by molar-refractivity contribution is 6.30. The molecule has 3 rings (SSSR count). The number of nitrogens with zero attached hydrogens (tertiary/aromatic N) is 3. The molecule has 18 heavy (non-hydrogen) atoms. The number of halogens is 1. The van der Waals surface area contributed by atoms with Gasteiger partial charge in [0.25, 0.3) is 0 Å². The smallest absolute Gasteiger partial charge is 0.178 e. The first-order valence-corrected chi connectivity index (χ1v) is 6.60. The van der Waals surface area contributed by atoms with Crippen LogP contribution in [0.25, 0.3) is 11.5 Å². The maximum Gasteiger partial charge on any atom is 0.178 e. The summed E-state index contributed by atoms with van der Waals surface area (Å²) in [5.41, 5.74) is 4.17. The van der Waals surface area contributed by atoms with Gasteiger partial charge in [-0.05, 0) is 49.8 Å². The van der Waals surface area contributed by atoms with E-state index in [0.29, 0.717) is 11.0 Å². The lowest BCUT2D eigenvalue weighted by Gasteiger charge is -2.14. The minimum Gasteiger partial charge on any atom is -0.235 e. The molecule has 0 N–H and O–H groups in total. The Morgan fingerprint density at radius 3 is 2.78 bits per heavy atom. The zero-order chi connectivity index (χ0) is 12.5. The quantitative estimate of drug-likeness (QED) is 0.737. The highest BCUT2D eigenvalue weighted by Gasteiger charge is 2.13. The Balaban J connectivity index is 2.03. The minimum atomic E-state index is 0.522. The van der Waals surface area contributed by atoms with Gasteiger partial charge in [0.2, 0.25) is 0 Å². The number of pyridine rings is 1. The van der Waals surface area contributed by atoms with Crippen molar-refractivity contribution in [3.8, 4) is 11.5 Å². The Hall–Kier alpha value is -1.48. The Morgan fingerprint density at radius 2 is 1.94 bits per heavy atom. The molecular weight excluding hydrogens is 246 g/mol. The highest BCUT2D eigenvalue weighted by atomic mass is 35.5. The van der Waals surface area contributed by atoms with E-state index in [-0.39, 0.29) is 0 Å². The van der Waals surface area contributed by atoms with Gasteiger partial charge in [-0.3, -0.25) is 0 Å². The average Bonchev–Trinajstić information content (AvgIpc) is 2.41. The van der Waals surface area contributed by atoms with Crippen molar-refractivity contribution >= 4 is 11.6 Å². The molecule has 0 radical (unpaired) electrons. The second-order valence-electron chi connectivity index (χ2n) is 4.68. The highest BCUT2D eigenvalue weighted by Crippen LogP contribution is 2.23. The van der Waals surface area contributed by atoms with Gasteiger partial charge in [0.15, 0.2) is 5.82 Å². The average molecular weight is 260 g/mol. The van der Waals surface area contributed by atoms with E-state index in [2.05, 4.69) is 15.0 Å². The fourth-order valence-electron chi connectivity index (χ4n) is 2.23. The number of hydrogen-bond donors (Lipinski definition) is 0. The maximum absolute atomic E-state index is 6.04. The fraction of sp³-hybridized carbons (Fsp3) is 0.357. The molecule has 0 saturated heterocycles. The molecule has 0 amide bonds. The van der Waals surface area contributed by atoms with Crippen molar-refractivity contribution in [3.63, 3.8) is 0 Å². The van der Waals surface area contributed by atoms with Crippen LogP contribution in [-0.4, -0.2) is 15.0 Å². The lowest BCUT2D eigenvalue weighted by atomic mass is 9.97. The molecule has 0 atom stereocenters. The summed E-state index contributed by atoms with van der Waals surface area (Å²) in [6, 6.07) is 3.87. The zero-order valence-corrected chi connectivity index (χ0v) is 11.0. The first-order valence-electron chi connectivity index (χ1n) is 6.22. The fourth-order valence-corrected chi connectivity index (χ4v) is 2.38. The van der Waals surface area contributed by atoms with Gasteiger partial charge in [-0.1, -0.05) is 17.7 Å². The van der Waals surface area contributed by atoms with Crippen LogP contribution in [-0.2, 0) is 12.8 Å². The first kappa shape index (κ1) is 11.6. The van der Waals surface area contributed by atoms with E-state index in [9.17, 15) is 0 Å². The molecule has 2 aromatic rings. The van der Waals surface area contributed by atoms with Gasteiger partial charge in [-0.15, -0.1) is 0 Å². The van der Waals surface area contributed by atoms with Gasteiger partial charge in [-0.2, -0.15) is 0 Å². The summed E-state index contributed by atoms with van der Waals surface area (Å²) in [7, 11) is 0. The lowest BCUT2D eigenvalue weighted by molar-refractivity contribution is 0.663. The summed E-state index contributed by atoms with van der Waals surface area (Å²) >= 11 is 6.04. The molecular formula is C14H14ClN3. The predicted molar refractivity (Wildman–Crippen MR) is 71.7 cm³/mol. The van der Waals surface area contributed by atoms with Gasteiger partial charge >= 0.3 is 0 Å². The molecule has 92 valence electrons. The van der Waals surface area contributed by atoms with Crippen molar-refractivity contribution in [1.82, 2.24) is 15.0 Å². The second-order valence-corrected chi connectivity index (χ2v) is 5.03. The first-order chi connectivity index (χ1) is 8.74. The van der Waals surface area contributed by atoms with Crippen molar-refractivity contribution in [3.05, 3.63) is 40.3 Å². The molecule has 0 unspecified atom stereocenters. The largest absolute Gasteiger partial charge is 0.235 e. The predicted octanol–water partition coefficient (Wildman–Crippen LogP) is 3.38. The molecule has 0 bridgehead atoms. The topological polar surface area (TPSA) is 38.7 Å². The summed E-state index contributed by atoms with van der Waals surface area (Å²) in [4.78, 5) is 13.4. The summed E-state index contributed by atoms with van der Waals surface area (Å²) in [6.45, 7) is 1.94. The van der Waals surface area contributed by atoms with Crippen LogP contribution in [0.15, 0.2) is 18.3 Å². The third-order valence-corrected chi connectivity index (χ3v) is 3.71. The molecule has 4 heteroatoms. The monoisotopic (exact) mass is 259 g/mol. The molecule has 0 fully saturated rings. The van der Waals surface area contributed by atoms with E-state index in [1.54, 1.807) is 0 Å². The van der Waals surface area contributed by atoms with Crippen LogP contribution in [0.2, 0.25) is 5.15 Å². The third kappa shape index (κ3) is 2.10. The van der Waals surface area contributed by atoms with Gasteiger partial charge in [0.05, 0.1) is 0 Å². The molecule has 0 aliphatic heterocycles. The van der Waals surface area contributed by atoms with Crippen LogP contribution in [0.4, 0.5) is 0 Å². The van der Waals surface area contributed by atoms with Gasteiger partial charge in [0.1, 0.15) is 10.8 Å². The van der Waals surface area contributed by atoms with Crippen LogP contribution in [0.3, 0.4) is 0 Å². The van der Waals surface area contributed by atoms with Gasteiger partial charge < -0.3 is 0 Å². The summed E-state index contributed by atoms with van der Waals surface area (Å²) in [5.74, 6) is 0.678. The van der Waals surface area contributed by atoms with Gasteiger partial charge in [0, 0.05) is 11.9 Å². The van der Waals surface area contributed by atoms with E-state index in [1.807, 2.05) is 25.3 Å². The van der Waals surface area contributed by atoms with Crippen molar-refractivity contribution in [1.29, 1.82) is 0 Å². The summed E-state index contributed by atoms with van der Waals surface area (Å²) in [6.07, 6.45) is 6.53. The van der Waals surface area contributed by atoms with E-state index in [0.717, 1.165) is 24.1 Å². The van der Waals surface area contributed by atoms with Crippen LogP contribution in [0.1, 0.15) is 29.7 Å². The molecule has 0 saturated carbocycles. The Bertz CT molecular complexity index is 596. The van der Waals surface area contributed by atoms with Crippen LogP contribution >= 0.6 is 11.6 Å². The number of aryl methyl sites for hydroxylation is 3. The van der Waals surface area contributed by atoms with Crippen LogP contribution < -0.4 is 0 Å². The summed E-state index contributed by atoms with van der Waals surface area (Å²) < 4.78 is 0. The van der Waals surface area contributed by atoms with Crippen molar-refractivity contribution < 1.29 is 0 Å². The van der Waals surface area contributed by atoms with E-state index in [4.69, 9.17) is 11.6 Å². The Kier molecular flexibility index (Phi) is 3.00. The molecule has 1 aliphatic carbocycles. The Labute approximate surface area is 111 Å². The van der Waals surface area contributed by atoms with Crippen molar-refractivity contribution in [2.24, 2.45) is 0 Å². The molecule has 3 nitrogen and oxygen atoms in total. The van der Waals surface area contributed by atoms with E-state index < -0.39 is 0 Å². The number of aromatic nitrogens is 3. The lowest BCUT2D eigenvalue weighted by Crippen LogP contribution is -2.07. The standard InChI is InChI=1S/C14H14ClN3/c1-9-6-7-12(17-13(9)15)14-16-8-10-4-2-3-5-11(10)18-14/h6-8H,2-5H2,1H3. The van der Waals surface area contributed by atoms with E-state index >= 15 is 0 Å². The number of hydrogen-bond acceptors (Lipinski definition) is 3. The normalized spacial score (nSPS) is 14.3. The zero-order valence-electron chi connectivity index (χ0n) is 10.3. The summed E-state index contributed by atoms with van der Waals surface area (Å²) in [5, 5.41) is 0.522. The maximum atomic E-state index is 6.04. The van der Waals surface area contributed by atoms with Crippen molar-refractivity contribution in [2.45, 2.75) is 32.6 Å². The van der Waals surface area contributed by atoms with Crippen molar-refractivity contribution in [2.75, 3.05) is 0 Å².